The van der Waals surface area contributed by atoms with Crippen molar-refractivity contribution in [1.29, 1.82) is 0 Å². The molecule has 1 atom stereocenters. The molecule has 0 aromatic heterocycles. The van der Waals surface area contributed by atoms with Crippen molar-refractivity contribution in [2.45, 2.75) is 26.0 Å². The van der Waals surface area contributed by atoms with Crippen LogP contribution < -0.4 is 9.47 Å². The van der Waals surface area contributed by atoms with Gasteiger partial charge in [-0.25, -0.2) is 0 Å². The minimum absolute atomic E-state index is 0.134. The second kappa shape index (κ2) is 10.2. The first-order valence-corrected chi connectivity index (χ1v) is 10.9. The SMILES string of the molecule is COc1ccc(C(=O)N(Cc2ccccc2)CC2CC(c3ccc(C)cc3)=NO2)c(OC)c1. The van der Waals surface area contributed by atoms with Crippen LogP contribution in [0, 0.1) is 6.92 Å². The van der Waals surface area contributed by atoms with E-state index < -0.39 is 0 Å². The van der Waals surface area contributed by atoms with Crippen LogP contribution in [0.15, 0.2) is 78.0 Å². The lowest BCUT2D eigenvalue weighted by atomic mass is 10.0. The Balaban J connectivity index is 1.54. The van der Waals surface area contributed by atoms with Gasteiger partial charge < -0.3 is 19.2 Å². The Kier molecular flexibility index (Phi) is 6.93. The van der Waals surface area contributed by atoms with Crippen molar-refractivity contribution in [3.63, 3.8) is 0 Å². The molecule has 170 valence electrons. The highest BCUT2D eigenvalue weighted by Gasteiger charge is 2.28. The first-order valence-electron chi connectivity index (χ1n) is 10.9. The van der Waals surface area contributed by atoms with Crippen molar-refractivity contribution in [2.24, 2.45) is 5.16 Å². The van der Waals surface area contributed by atoms with Crippen LogP contribution in [0.1, 0.15) is 33.5 Å². The molecule has 1 aliphatic heterocycles. The van der Waals surface area contributed by atoms with Crippen LogP contribution in [-0.4, -0.2) is 43.4 Å². The summed E-state index contributed by atoms with van der Waals surface area (Å²) in [5, 5.41) is 4.30. The van der Waals surface area contributed by atoms with E-state index in [-0.39, 0.29) is 12.0 Å². The summed E-state index contributed by atoms with van der Waals surface area (Å²) >= 11 is 0. The van der Waals surface area contributed by atoms with E-state index in [9.17, 15) is 4.79 Å². The van der Waals surface area contributed by atoms with Crippen LogP contribution in [0.4, 0.5) is 0 Å². The molecular formula is C27H28N2O4. The van der Waals surface area contributed by atoms with Gasteiger partial charge in [0.2, 0.25) is 0 Å². The second-order valence-corrected chi connectivity index (χ2v) is 8.07. The second-order valence-electron chi connectivity index (χ2n) is 8.07. The molecular weight excluding hydrogens is 416 g/mol. The first-order chi connectivity index (χ1) is 16.1. The summed E-state index contributed by atoms with van der Waals surface area (Å²) in [4.78, 5) is 21.1. The Labute approximate surface area is 194 Å². The number of aryl methyl sites for hydroxylation is 1. The van der Waals surface area contributed by atoms with E-state index in [0.717, 1.165) is 16.8 Å². The largest absolute Gasteiger partial charge is 0.497 e. The molecule has 6 nitrogen and oxygen atoms in total. The van der Waals surface area contributed by atoms with Crippen molar-refractivity contribution < 1.29 is 19.1 Å². The number of hydrogen-bond acceptors (Lipinski definition) is 5. The Hall–Kier alpha value is -3.80. The predicted octanol–water partition coefficient (Wildman–Crippen LogP) is 4.85. The molecule has 0 N–H and O–H groups in total. The van der Waals surface area contributed by atoms with Crippen LogP contribution in [0.5, 0.6) is 11.5 Å². The van der Waals surface area contributed by atoms with Gasteiger partial charge in [-0.2, -0.15) is 0 Å². The lowest BCUT2D eigenvalue weighted by Crippen LogP contribution is -2.37. The lowest BCUT2D eigenvalue weighted by molar-refractivity contribution is 0.0403. The summed E-state index contributed by atoms with van der Waals surface area (Å²) in [6.07, 6.45) is 0.416. The van der Waals surface area contributed by atoms with Crippen LogP contribution in [0.2, 0.25) is 0 Å². The molecule has 1 aliphatic rings. The van der Waals surface area contributed by atoms with Crippen molar-refractivity contribution >= 4 is 11.6 Å². The third-order valence-corrected chi connectivity index (χ3v) is 5.68. The Bertz CT molecular complexity index is 1130. The van der Waals surface area contributed by atoms with Gasteiger partial charge in [-0.05, 0) is 30.2 Å². The van der Waals surface area contributed by atoms with Crippen molar-refractivity contribution in [3.05, 3.63) is 95.1 Å². The number of ether oxygens (including phenoxy) is 2. The molecule has 33 heavy (non-hydrogen) atoms. The minimum Gasteiger partial charge on any atom is -0.497 e. The Morgan fingerprint density at radius 1 is 1.03 bits per heavy atom. The summed E-state index contributed by atoms with van der Waals surface area (Å²) in [6.45, 7) is 2.91. The molecule has 0 saturated carbocycles. The van der Waals surface area contributed by atoms with E-state index in [2.05, 4.69) is 36.3 Å². The Morgan fingerprint density at radius 2 is 1.79 bits per heavy atom. The summed E-state index contributed by atoms with van der Waals surface area (Å²) in [5.41, 5.74) is 4.65. The van der Waals surface area contributed by atoms with E-state index in [4.69, 9.17) is 14.3 Å². The average Bonchev–Trinajstić information content (AvgIpc) is 3.32. The van der Waals surface area contributed by atoms with Gasteiger partial charge in [0.25, 0.3) is 5.91 Å². The fraction of sp³-hybridized carbons (Fsp3) is 0.259. The molecule has 6 heteroatoms. The van der Waals surface area contributed by atoms with Gasteiger partial charge >= 0.3 is 0 Å². The van der Waals surface area contributed by atoms with Crippen LogP contribution in [0.3, 0.4) is 0 Å². The number of oxime groups is 1. The third-order valence-electron chi connectivity index (χ3n) is 5.68. The maximum Gasteiger partial charge on any atom is 0.258 e. The molecule has 0 saturated heterocycles. The highest BCUT2D eigenvalue weighted by Crippen LogP contribution is 2.27. The lowest BCUT2D eigenvalue weighted by Gasteiger charge is -2.26. The van der Waals surface area contributed by atoms with Crippen LogP contribution in [-0.2, 0) is 11.4 Å². The van der Waals surface area contributed by atoms with Gasteiger partial charge in [0.15, 0.2) is 6.10 Å². The number of carbonyl (C=O) groups is 1. The summed E-state index contributed by atoms with van der Waals surface area (Å²) in [5.74, 6) is 0.973. The first kappa shape index (κ1) is 22.4. The highest BCUT2D eigenvalue weighted by atomic mass is 16.6. The van der Waals surface area contributed by atoms with Gasteiger partial charge in [-0.15, -0.1) is 0 Å². The molecule has 4 rings (SSSR count). The average molecular weight is 445 g/mol. The summed E-state index contributed by atoms with van der Waals surface area (Å²) < 4.78 is 10.8. The predicted molar refractivity (Wildman–Crippen MR) is 128 cm³/mol. The molecule has 3 aromatic carbocycles. The minimum atomic E-state index is -0.224. The van der Waals surface area contributed by atoms with E-state index in [0.29, 0.717) is 36.6 Å². The molecule has 0 fully saturated rings. The van der Waals surface area contributed by atoms with Crippen LogP contribution >= 0.6 is 0 Å². The number of carbonyl (C=O) groups excluding carboxylic acids is 1. The maximum atomic E-state index is 13.6. The zero-order valence-electron chi connectivity index (χ0n) is 19.2. The summed E-state index contributed by atoms with van der Waals surface area (Å²) in [6, 6.07) is 23.4. The molecule has 0 radical (unpaired) electrons. The quantitative estimate of drug-likeness (QED) is 0.498. The number of nitrogens with zero attached hydrogens (tertiary/aromatic N) is 2. The normalized spacial score (nSPS) is 14.9. The molecule has 1 unspecified atom stereocenters. The number of methoxy groups -OCH3 is 2. The van der Waals surface area contributed by atoms with Gasteiger partial charge in [-0.3, -0.25) is 4.79 Å². The Morgan fingerprint density at radius 3 is 2.48 bits per heavy atom. The fourth-order valence-electron chi connectivity index (χ4n) is 3.86. The number of amides is 1. The van der Waals surface area contributed by atoms with Crippen molar-refractivity contribution in [1.82, 2.24) is 4.90 Å². The number of benzene rings is 3. The zero-order chi connectivity index (χ0) is 23.2. The molecule has 0 aliphatic carbocycles. The van der Waals surface area contributed by atoms with E-state index in [1.165, 1.54) is 5.56 Å². The van der Waals surface area contributed by atoms with Crippen molar-refractivity contribution in [2.75, 3.05) is 20.8 Å². The third kappa shape index (κ3) is 5.34. The molecule has 3 aromatic rings. The highest BCUT2D eigenvalue weighted by molar-refractivity contribution is 6.01. The fourth-order valence-corrected chi connectivity index (χ4v) is 3.86. The molecule has 1 amide bonds. The maximum absolute atomic E-state index is 13.6. The van der Waals surface area contributed by atoms with E-state index in [1.54, 1.807) is 37.3 Å². The zero-order valence-corrected chi connectivity index (χ0v) is 19.2. The summed E-state index contributed by atoms with van der Waals surface area (Å²) in [7, 11) is 3.13. The smallest absolute Gasteiger partial charge is 0.258 e. The van der Waals surface area contributed by atoms with Crippen LogP contribution in [0.25, 0.3) is 0 Å². The van der Waals surface area contributed by atoms with Gasteiger partial charge in [0.05, 0.1) is 32.0 Å². The molecule has 0 bridgehead atoms. The molecule has 0 spiro atoms. The topological polar surface area (TPSA) is 60.4 Å². The van der Waals surface area contributed by atoms with Gasteiger partial charge in [-0.1, -0.05) is 65.3 Å². The van der Waals surface area contributed by atoms with Crippen molar-refractivity contribution in [3.8, 4) is 11.5 Å². The van der Waals surface area contributed by atoms with E-state index in [1.807, 2.05) is 30.3 Å². The number of hydrogen-bond donors (Lipinski definition) is 0. The monoisotopic (exact) mass is 444 g/mol. The van der Waals surface area contributed by atoms with E-state index >= 15 is 0 Å². The molecule has 1 heterocycles. The van der Waals surface area contributed by atoms with Gasteiger partial charge in [0.1, 0.15) is 11.5 Å². The number of rotatable bonds is 8. The van der Waals surface area contributed by atoms with Gasteiger partial charge in [0, 0.05) is 19.0 Å². The standard InChI is InChI=1S/C27H28N2O4/c1-19-9-11-21(12-10-19)25-15-23(33-28-25)18-29(17-20-7-5-4-6-8-20)27(30)24-14-13-22(31-2)16-26(24)32-3/h4-14,16,23H,15,17-18H2,1-3H3.